The molecule has 0 aromatic heterocycles. The number of carbonyl (C=O) groups is 3. The molecule has 0 radical (unpaired) electrons. The van der Waals surface area contributed by atoms with E-state index in [9.17, 15) is 19.5 Å². The number of ether oxygens (including phenoxy) is 1. The first-order valence-corrected chi connectivity index (χ1v) is 13.0. The van der Waals surface area contributed by atoms with E-state index < -0.39 is 18.1 Å². The van der Waals surface area contributed by atoms with E-state index in [2.05, 4.69) is 37.4 Å². The Balaban J connectivity index is 1.17. The molecule has 3 aliphatic rings. The number of nitrogens with zero attached hydrogens (tertiary/aromatic N) is 5. The van der Waals surface area contributed by atoms with Crippen LogP contribution in [0.4, 0.5) is 0 Å². The lowest BCUT2D eigenvalue weighted by Crippen LogP contribution is -2.52. The molecule has 38 heavy (non-hydrogen) atoms. The molecular weight excluding hydrogens is 490 g/mol. The highest BCUT2D eigenvalue weighted by molar-refractivity contribution is 6.05. The highest BCUT2D eigenvalue weighted by Gasteiger charge is 2.39. The van der Waals surface area contributed by atoms with Gasteiger partial charge in [-0.2, -0.15) is 0 Å². The highest BCUT2D eigenvalue weighted by Crippen LogP contribution is 2.29. The third kappa shape index (κ3) is 7.10. The molecule has 1 aromatic rings. The molecule has 1 aromatic carbocycles. The van der Waals surface area contributed by atoms with Gasteiger partial charge in [-0.1, -0.05) is 23.0 Å². The minimum Gasteiger partial charge on any atom is -0.379 e. The third-order valence-corrected chi connectivity index (χ3v) is 7.04. The number of nitrogens with one attached hydrogen (secondary N) is 2. The molecular formula is C26H33N7O5. The molecule has 2 atom stereocenters. The van der Waals surface area contributed by atoms with Crippen molar-refractivity contribution in [2.75, 3.05) is 45.9 Å². The van der Waals surface area contributed by atoms with E-state index in [1.165, 1.54) is 4.90 Å². The average Bonchev–Trinajstić information content (AvgIpc) is 3.24. The van der Waals surface area contributed by atoms with Crippen LogP contribution in [0.5, 0.6) is 0 Å². The topological polar surface area (TPSA) is 160 Å². The molecule has 0 spiro atoms. The van der Waals surface area contributed by atoms with Gasteiger partial charge in [0.15, 0.2) is 0 Å². The van der Waals surface area contributed by atoms with Crippen molar-refractivity contribution in [1.29, 1.82) is 0 Å². The van der Waals surface area contributed by atoms with Crippen LogP contribution >= 0.6 is 0 Å². The Labute approximate surface area is 221 Å². The normalized spacial score (nSPS) is 20.8. The van der Waals surface area contributed by atoms with Gasteiger partial charge < -0.3 is 25.0 Å². The number of azide groups is 1. The van der Waals surface area contributed by atoms with Crippen molar-refractivity contribution in [2.24, 2.45) is 5.11 Å². The zero-order valence-electron chi connectivity index (χ0n) is 21.3. The predicted octanol–water partition coefficient (Wildman–Crippen LogP) is 0.541. The maximum atomic E-state index is 12.9. The molecule has 0 aliphatic carbocycles. The second kappa shape index (κ2) is 13.4. The number of rotatable bonds is 10. The molecule has 3 N–H and O–H groups in total. The minimum atomic E-state index is -0.897. The Morgan fingerprint density at radius 1 is 1.24 bits per heavy atom. The molecule has 3 heterocycles. The molecule has 0 bridgehead atoms. The molecule has 2 unspecified atom stereocenters. The Hall–Kier alpha value is -3.46. The van der Waals surface area contributed by atoms with E-state index in [1.54, 1.807) is 18.2 Å². The van der Waals surface area contributed by atoms with Crippen LogP contribution in [0.15, 0.2) is 23.3 Å². The predicted molar refractivity (Wildman–Crippen MR) is 138 cm³/mol. The molecule has 2 saturated heterocycles. The fraction of sp³-hybridized carbons (Fsp3) is 0.577. The standard InChI is InChI=1S/C26H33N7O5/c27-31-30-19-8-11-32(12-9-19)13-15-38-14-10-28-16-20(34)5-4-18-2-1-3-21-22(18)17-33(26(21)37)23-6-7-24(35)29-25(23)36/h1-3,19-20,23,28,34H,6-17H2,(H,29,35,36). The van der Waals surface area contributed by atoms with Crippen LogP contribution in [0.1, 0.15) is 47.2 Å². The zero-order chi connectivity index (χ0) is 26.9. The first-order valence-electron chi connectivity index (χ1n) is 13.0. The van der Waals surface area contributed by atoms with Crippen LogP contribution in [-0.4, -0.2) is 96.8 Å². The van der Waals surface area contributed by atoms with Crippen LogP contribution in [0.2, 0.25) is 0 Å². The third-order valence-electron chi connectivity index (χ3n) is 7.04. The molecule has 12 nitrogen and oxygen atoms in total. The summed E-state index contributed by atoms with van der Waals surface area (Å²) >= 11 is 0. The lowest BCUT2D eigenvalue weighted by molar-refractivity contribution is -0.136. The Bertz CT molecular complexity index is 1150. The summed E-state index contributed by atoms with van der Waals surface area (Å²) in [5.41, 5.74) is 10.4. The SMILES string of the molecule is [N-]=[N+]=NC1CCN(CCOCCNCC(O)C#Cc2cccc3c2CN(C2CCC(=O)NC2=O)C3=O)CC1. The summed E-state index contributed by atoms with van der Waals surface area (Å²) in [5.74, 6) is 4.77. The molecule has 3 aliphatic heterocycles. The van der Waals surface area contributed by atoms with Crippen LogP contribution in [0.3, 0.4) is 0 Å². The molecule has 12 heteroatoms. The average molecular weight is 524 g/mol. The summed E-state index contributed by atoms with van der Waals surface area (Å²) < 4.78 is 5.67. The van der Waals surface area contributed by atoms with Crippen LogP contribution < -0.4 is 10.6 Å². The molecule has 0 saturated carbocycles. The van der Waals surface area contributed by atoms with E-state index in [1.807, 2.05) is 0 Å². The summed E-state index contributed by atoms with van der Waals surface area (Å²) in [6, 6.07) is 4.66. The van der Waals surface area contributed by atoms with Crippen molar-refractivity contribution >= 4 is 17.7 Å². The minimum absolute atomic E-state index is 0.105. The van der Waals surface area contributed by atoms with Crippen molar-refractivity contribution in [1.82, 2.24) is 20.4 Å². The lowest BCUT2D eigenvalue weighted by Gasteiger charge is -2.29. The number of aliphatic hydroxyl groups is 1. The Morgan fingerprint density at radius 3 is 2.82 bits per heavy atom. The number of hydrogen-bond acceptors (Lipinski definition) is 8. The van der Waals surface area contributed by atoms with Crippen LogP contribution in [-0.2, 0) is 20.9 Å². The number of imide groups is 1. The Morgan fingerprint density at radius 2 is 2.05 bits per heavy atom. The van der Waals surface area contributed by atoms with Crippen molar-refractivity contribution in [3.63, 3.8) is 0 Å². The zero-order valence-corrected chi connectivity index (χ0v) is 21.3. The van der Waals surface area contributed by atoms with Crippen molar-refractivity contribution < 1.29 is 24.2 Å². The van der Waals surface area contributed by atoms with Gasteiger partial charge in [-0.25, -0.2) is 0 Å². The molecule has 3 amide bonds. The number of amides is 3. The number of likely N-dealkylation sites (tertiary alicyclic amines) is 1. The quantitative estimate of drug-likeness (QED) is 0.101. The van der Waals surface area contributed by atoms with Gasteiger partial charge in [-0.3, -0.25) is 19.7 Å². The molecule has 202 valence electrons. The van der Waals surface area contributed by atoms with E-state index in [-0.39, 0.29) is 37.4 Å². The highest BCUT2D eigenvalue weighted by atomic mass is 16.5. The maximum absolute atomic E-state index is 12.9. The number of carbonyl (C=O) groups excluding carboxylic acids is 3. The van der Waals surface area contributed by atoms with E-state index in [0.29, 0.717) is 37.3 Å². The number of fused-ring (bicyclic) bond motifs is 1. The first-order chi connectivity index (χ1) is 18.5. The van der Waals surface area contributed by atoms with Crippen molar-refractivity contribution in [3.05, 3.63) is 45.3 Å². The van der Waals surface area contributed by atoms with Gasteiger partial charge in [-0.15, -0.1) is 0 Å². The van der Waals surface area contributed by atoms with Gasteiger partial charge in [0.2, 0.25) is 11.8 Å². The van der Waals surface area contributed by atoms with Gasteiger partial charge in [0, 0.05) is 54.7 Å². The Kier molecular flexibility index (Phi) is 9.70. The summed E-state index contributed by atoms with van der Waals surface area (Å²) in [7, 11) is 0. The van der Waals surface area contributed by atoms with E-state index in [0.717, 1.165) is 38.0 Å². The molecule has 2 fully saturated rings. The van der Waals surface area contributed by atoms with Gasteiger partial charge in [-0.05, 0) is 55.6 Å². The van der Waals surface area contributed by atoms with Gasteiger partial charge in [0.1, 0.15) is 12.1 Å². The smallest absolute Gasteiger partial charge is 0.255 e. The summed E-state index contributed by atoms with van der Waals surface area (Å²) in [5, 5.41) is 19.5. The van der Waals surface area contributed by atoms with Gasteiger partial charge in [0.25, 0.3) is 5.91 Å². The number of piperidine rings is 2. The largest absolute Gasteiger partial charge is 0.379 e. The summed E-state index contributed by atoms with van der Waals surface area (Å²) in [6.45, 7) is 4.87. The monoisotopic (exact) mass is 523 g/mol. The van der Waals surface area contributed by atoms with Crippen LogP contribution in [0, 0.1) is 11.8 Å². The van der Waals surface area contributed by atoms with Crippen molar-refractivity contribution in [2.45, 2.75) is 50.4 Å². The maximum Gasteiger partial charge on any atom is 0.255 e. The number of hydrogen-bond donors (Lipinski definition) is 3. The molecule has 4 rings (SSSR count). The van der Waals surface area contributed by atoms with E-state index >= 15 is 0 Å². The van der Waals surface area contributed by atoms with Gasteiger partial charge in [0.05, 0.1) is 13.2 Å². The number of aliphatic hydroxyl groups excluding tert-OH is 1. The van der Waals surface area contributed by atoms with Crippen LogP contribution in [0.25, 0.3) is 10.4 Å². The van der Waals surface area contributed by atoms with Crippen molar-refractivity contribution in [3.8, 4) is 11.8 Å². The number of benzene rings is 1. The second-order valence-corrected chi connectivity index (χ2v) is 9.61. The van der Waals surface area contributed by atoms with Gasteiger partial charge >= 0.3 is 0 Å². The second-order valence-electron chi connectivity index (χ2n) is 9.61. The lowest BCUT2D eigenvalue weighted by atomic mass is 10.0. The fourth-order valence-corrected chi connectivity index (χ4v) is 4.93. The van der Waals surface area contributed by atoms with E-state index in [4.69, 9.17) is 10.3 Å². The first kappa shape index (κ1) is 27.6. The summed E-state index contributed by atoms with van der Waals surface area (Å²) in [4.78, 5) is 43.3. The fourth-order valence-electron chi connectivity index (χ4n) is 4.93. The summed E-state index contributed by atoms with van der Waals surface area (Å²) in [6.07, 6.45) is 1.37.